The number of carboxylic acid groups (broad SMARTS) is 1. The molecule has 0 spiro atoms. The highest BCUT2D eigenvalue weighted by Crippen LogP contribution is 2.04. The summed E-state index contributed by atoms with van der Waals surface area (Å²) in [7, 11) is 2.09. The molecule has 5 heteroatoms. The number of carbonyl (C=O) groups is 1. The van der Waals surface area contributed by atoms with Crippen molar-refractivity contribution in [2.45, 2.75) is 38.5 Å². The first-order valence-corrected chi connectivity index (χ1v) is 6.13. The van der Waals surface area contributed by atoms with Crippen LogP contribution in [0.5, 0.6) is 0 Å². The summed E-state index contributed by atoms with van der Waals surface area (Å²) in [5.74, 6) is -0.672. The Balaban J connectivity index is 0.00000256. The molecule has 1 heterocycles. The van der Waals surface area contributed by atoms with Gasteiger partial charge in [0.05, 0.1) is 12.7 Å². The van der Waals surface area contributed by atoms with Gasteiger partial charge in [0.2, 0.25) is 0 Å². The Morgan fingerprint density at radius 1 is 1.29 bits per heavy atom. The average Bonchev–Trinajstić information content (AvgIpc) is 2.62. The Bertz CT molecular complexity index is 247. The lowest BCUT2D eigenvalue weighted by atomic mass is 10.1. The molecule has 0 radical (unpaired) electrons. The fourth-order valence-electron chi connectivity index (χ4n) is 1.98. The highest BCUT2D eigenvalue weighted by Gasteiger charge is 2.12. The zero-order valence-corrected chi connectivity index (χ0v) is 12.1. The molecule has 0 aromatic rings. The van der Waals surface area contributed by atoms with Crippen LogP contribution in [0.1, 0.15) is 38.5 Å². The molecule has 0 amide bonds. The monoisotopic (exact) mass is 306 g/mol. The third kappa shape index (κ3) is 8.21. The van der Waals surface area contributed by atoms with Gasteiger partial charge in [0, 0.05) is 13.5 Å². The molecule has 0 aromatic heterocycles. The largest absolute Gasteiger partial charge is 1.00 e. The van der Waals surface area contributed by atoms with Gasteiger partial charge in [-0.1, -0.05) is 12.8 Å². The van der Waals surface area contributed by atoms with Gasteiger partial charge in [0.25, 0.3) is 0 Å². The van der Waals surface area contributed by atoms with E-state index in [-0.39, 0.29) is 17.0 Å². The number of quaternary nitrogens is 1. The Hall–Kier alpha value is -0.550. The highest BCUT2D eigenvalue weighted by atomic mass is 79.9. The molecule has 2 N–H and O–H groups in total. The lowest BCUT2D eigenvalue weighted by Gasteiger charge is -2.12. The molecular weight excluding hydrogens is 284 g/mol. The van der Waals surface area contributed by atoms with Crippen molar-refractivity contribution in [2.24, 2.45) is 0 Å². The molecule has 1 aliphatic rings. The van der Waals surface area contributed by atoms with E-state index in [2.05, 4.69) is 24.3 Å². The number of nitrogens with one attached hydrogen (secondary N) is 1. The molecule has 0 fully saturated rings. The topological polar surface area (TPSA) is 45.0 Å². The molecule has 0 aromatic carbocycles. The first-order chi connectivity index (χ1) is 7.68. The summed E-state index contributed by atoms with van der Waals surface area (Å²) in [6.45, 7) is 2.28. The number of hydrogen-bond donors (Lipinski definition) is 2. The summed E-state index contributed by atoms with van der Waals surface area (Å²) in [5, 5.41) is 8.47. The van der Waals surface area contributed by atoms with Crippen LogP contribution in [0.4, 0.5) is 0 Å². The molecule has 4 nitrogen and oxygen atoms in total. The van der Waals surface area contributed by atoms with Crippen molar-refractivity contribution in [3.63, 3.8) is 0 Å². The minimum atomic E-state index is -0.672. The minimum absolute atomic E-state index is 0. The van der Waals surface area contributed by atoms with Gasteiger partial charge in [-0.2, -0.15) is 0 Å². The first-order valence-electron chi connectivity index (χ1n) is 6.13. The van der Waals surface area contributed by atoms with Crippen LogP contribution in [-0.2, 0) is 4.79 Å². The lowest BCUT2D eigenvalue weighted by Crippen LogP contribution is -3.07. The van der Waals surface area contributed by atoms with Crippen molar-refractivity contribution in [2.75, 3.05) is 20.3 Å². The van der Waals surface area contributed by atoms with Crippen molar-refractivity contribution < 1.29 is 31.8 Å². The van der Waals surface area contributed by atoms with Crippen LogP contribution in [-0.4, -0.2) is 36.2 Å². The van der Waals surface area contributed by atoms with Crippen LogP contribution >= 0.6 is 0 Å². The van der Waals surface area contributed by atoms with Crippen LogP contribution in [0.3, 0.4) is 0 Å². The smallest absolute Gasteiger partial charge is 0.303 e. The molecule has 1 aliphatic heterocycles. The Morgan fingerprint density at radius 3 is 2.53 bits per heavy atom. The molecule has 0 bridgehead atoms. The predicted molar refractivity (Wildman–Crippen MR) is 62.9 cm³/mol. The van der Waals surface area contributed by atoms with Crippen molar-refractivity contribution in [1.82, 2.24) is 4.90 Å². The van der Waals surface area contributed by atoms with Gasteiger partial charge >= 0.3 is 5.97 Å². The summed E-state index contributed by atoms with van der Waals surface area (Å²) >= 11 is 0. The number of hydrogen-bond acceptors (Lipinski definition) is 2. The fourth-order valence-corrected chi connectivity index (χ4v) is 1.98. The second-order valence-corrected chi connectivity index (χ2v) is 4.55. The third-order valence-electron chi connectivity index (χ3n) is 2.91. The predicted octanol–water partition coefficient (Wildman–Crippen LogP) is -2.33. The fraction of sp³-hybridized carbons (Fsp3) is 0.750. The van der Waals surface area contributed by atoms with Gasteiger partial charge in [0.1, 0.15) is 6.20 Å². The molecule has 0 aliphatic carbocycles. The number of rotatable bonds is 8. The maximum Gasteiger partial charge on any atom is 0.303 e. The first kappa shape index (κ1) is 16.4. The van der Waals surface area contributed by atoms with E-state index in [0.717, 1.165) is 19.5 Å². The summed E-state index contributed by atoms with van der Waals surface area (Å²) in [6, 6.07) is 0. The van der Waals surface area contributed by atoms with Crippen molar-refractivity contribution >= 4 is 5.97 Å². The molecule has 1 unspecified atom stereocenters. The van der Waals surface area contributed by atoms with Gasteiger partial charge in [-0.05, 0) is 19.3 Å². The third-order valence-corrected chi connectivity index (χ3v) is 2.91. The average molecular weight is 307 g/mol. The van der Waals surface area contributed by atoms with Gasteiger partial charge < -0.3 is 27.0 Å². The molecular formula is C12H23BrN2O2. The van der Waals surface area contributed by atoms with E-state index in [9.17, 15) is 4.79 Å². The summed E-state index contributed by atoms with van der Waals surface area (Å²) < 4.78 is 0. The van der Waals surface area contributed by atoms with Gasteiger partial charge in [-0.3, -0.25) is 9.69 Å². The van der Waals surface area contributed by atoms with Gasteiger partial charge in [0.15, 0.2) is 6.67 Å². The molecule has 17 heavy (non-hydrogen) atoms. The van der Waals surface area contributed by atoms with Crippen LogP contribution in [0.2, 0.25) is 0 Å². The number of unbranched alkanes of at least 4 members (excludes halogenated alkanes) is 4. The normalized spacial score (nSPS) is 18.2. The molecule has 1 rings (SSSR count). The van der Waals surface area contributed by atoms with E-state index in [1.807, 2.05) is 0 Å². The van der Waals surface area contributed by atoms with Crippen LogP contribution in [0.15, 0.2) is 12.4 Å². The van der Waals surface area contributed by atoms with Crippen LogP contribution < -0.4 is 21.9 Å². The van der Waals surface area contributed by atoms with E-state index < -0.39 is 5.97 Å². The van der Waals surface area contributed by atoms with Crippen LogP contribution in [0.25, 0.3) is 0 Å². The molecule has 0 saturated carbocycles. The van der Waals surface area contributed by atoms with Crippen LogP contribution in [0, 0.1) is 0 Å². The second-order valence-electron chi connectivity index (χ2n) is 4.55. The standard InChI is InChI=1S/C12H22N2O2.BrH/c1-13-9-10-14(11-13)8-6-4-2-3-5-7-12(15)16;/h9-10H,2-8,11H2,1H3,(H,15,16);1H. The van der Waals surface area contributed by atoms with E-state index >= 15 is 0 Å². The van der Waals surface area contributed by atoms with Gasteiger partial charge in [-0.25, -0.2) is 0 Å². The molecule has 100 valence electrons. The maximum atomic E-state index is 10.3. The minimum Gasteiger partial charge on any atom is -1.00 e. The summed E-state index contributed by atoms with van der Waals surface area (Å²) in [6.07, 6.45) is 10.2. The van der Waals surface area contributed by atoms with E-state index in [4.69, 9.17) is 5.11 Å². The Labute approximate surface area is 114 Å². The van der Waals surface area contributed by atoms with Gasteiger partial charge in [-0.15, -0.1) is 0 Å². The van der Waals surface area contributed by atoms with Crippen molar-refractivity contribution in [1.29, 1.82) is 0 Å². The number of halogens is 1. The SMILES string of the molecule is CN1C=C[NH+](CCCCCCCC(=O)O)C1.[Br-]. The Morgan fingerprint density at radius 2 is 1.94 bits per heavy atom. The second kappa shape index (κ2) is 9.48. The number of nitrogens with zero attached hydrogens (tertiary/aromatic N) is 1. The maximum absolute atomic E-state index is 10.3. The number of aliphatic carboxylic acids is 1. The lowest BCUT2D eigenvalue weighted by molar-refractivity contribution is -0.848. The van der Waals surface area contributed by atoms with Crippen molar-refractivity contribution in [3.8, 4) is 0 Å². The highest BCUT2D eigenvalue weighted by molar-refractivity contribution is 5.66. The summed E-state index contributed by atoms with van der Waals surface area (Å²) in [5.41, 5.74) is 0. The molecule has 1 atom stereocenters. The van der Waals surface area contributed by atoms with E-state index in [0.29, 0.717) is 6.42 Å². The number of carboxylic acids is 1. The molecule has 0 saturated heterocycles. The quantitative estimate of drug-likeness (QED) is 0.495. The zero-order valence-electron chi connectivity index (χ0n) is 10.5. The van der Waals surface area contributed by atoms with E-state index in [1.165, 1.54) is 30.7 Å². The van der Waals surface area contributed by atoms with Crippen molar-refractivity contribution in [3.05, 3.63) is 12.4 Å². The zero-order chi connectivity index (χ0) is 11.8. The Kier molecular flexibility index (Phi) is 9.17. The summed E-state index contributed by atoms with van der Waals surface area (Å²) in [4.78, 5) is 14.0. The van der Waals surface area contributed by atoms with E-state index in [1.54, 1.807) is 0 Å².